The van der Waals surface area contributed by atoms with Crippen molar-refractivity contribution in [2.75, 3.05) is 6.54 Å². The highest BCUT2D eigenvalue weighted by atomic mass is 32.2. The second-order valence-corrected chi connectivity index (χ2v) is 6.23. The first-order chi connectivity index (χ1) is 7.46. The molecule has 88 valence electrons. The topological polar surface area (TPSA) is 37.4 Å². The summed E-state index contributed by atoms with van der Waals surface area (Å²) in [7, 11) is -3.27. The number of benzene rings is 1. The molecular weight excluding hydrogens is 222 g/mol. The summed E-state index contributed by atoms with van der Waals surface area (Å²) in [5.41, 5.74) is 2.07. The van der Waals surface area contributed by atoms with Crippen molar-refractivity contribution in [2.24, 2.45) is 0 Å². The van der Waals surface area contributed by atoms with E-state index in [0.29, 0.717) is 11.4 Å². The molecular formula is C12H17NO2S. The van der Waals surface area contributed by atoms with Crippen molar-refractivity contribution < 1.29 is 8.42 Å². The molecule has 1 aliphatic heterocycles. The van der Waals surface area contributed by atoms with Crippen LogP contribution in [0.3, 0.4) is 0 Å². The van der Waals surface area contributed by atoms with Crippen LogP contribution in [0.4, 0.5) is 0 Å². The zero-order chi connectivity index (χ0) is 11.9. The van der Waals surface area contributed by atoms with Gasteiger partial charge in [0.15, 0.2) is 0 Å². The molecule has 0 aromatic heterocycles. The Labute approximate surface area is 97.1 Å². The lowest BCUT2D eigenvalue weighted by Crippen LogP contribution is -2.43. The van der Waals surface area contributed by atoms with Crippen molar-refractivity contribution in [1.29, 1.82) is 0 Å². The van der Waals surface area contributed by atoms with E-state index in [-0.39, 0.29) is 6.04 Å². The lowest BCUT2D eigenvalue weighted by Gasteiger charge is -2.33. The summed E-state index contributed by atoms with van der Waals surface area (Å²) in [6, 6.07) is 5.63. The number of aryl methyl sites for hydroxylation is 1. The molecule has 0 spiro atoms. The first-order valence-corrected chi connectivity index (χ1v) is 7.02. The fourth-order valence-electron chi connectivity index (χ4n) is 2.38. The molecule has 0 saturated carbocycles. The van der Waals surface area contributed by atoms with Crippen molar-refractivity contribution >= 4 is 10.0 Å². The summed E-state index contributed by atoms with van der Waals surface area (Å²) >= 11 is 0. The molecule has 0 aliphatic carbocycles. The van der Waals surface area contributed by atoms with Gasteiger partial charge in [0.05, 0.1) is 4.90 Å². The second kappa shape index (κ2) is 3.86. The first kappa shape index (κ1) is 11.6. The van der Waals surface area contributed by atoms with Gasteiger partial charge in [-0.15, -0.1) is 0 Å². The van der Waals surface area contributed by atoms with Crippen molar-refractivity contribution in [1.82, 2.24) is 4.31 Å². The van der Waals surface area contributed by atoms with E-state index in [4.69, 9.17) is 0 Å². The lowest BCUT2D eigenvalue weighted by molar-refractivity contribution is 0.335. The summed E-state index contributed by atoms with van der Waals surface area (Å²) in [5, 5.41) is 0. The summed E-state index contributed by atoms with van der Waals surface area (Å²) in [6.07, 6.45) is 0.810. The first-order valence-electron chi connectivity index (χ1n) is 5.58. The Balaban J connectivity index is 2.62. The van der Waals surface area contributed by atoms with E-state index in [1.165, 1.54) is 0 Å². The largest absolute Gasteiger partial charge is 0.243 e. The molecule has 1 atom stereocenters. The van der Waals surface area contributed by atoms with Crippen LogP contribution in [0.15, 0.2) is 23.1 Å². The molecule has 1 aromatic rings. The Morgan fingerprint density at radius 1 is 1.44 bits per heavy atom. The zero-order valence-corrected chi connectivity index (χ0v) is 10.7. The van der Waals surface area contributed by atoms with E-state index in [9.17, 15) is 8.42 Å². The van der Waals surface area contributed by atoms with Crippen LogP contribution < -0.4 is 0 Å². The Bertz CT molecular complexity index is 508. The van der Waals surface area contributed by atoms with E-state index < -0.39 is 10.0 Å². The maximum atomic E-state index is 12.3. The van der Waals surface area contributed by atoms with Gasteiger partial charge in [-0.2, -0.15) is 4.31 Å². The number of nitrogens with zero attached hydrogens (tertiary/aromatic N) is 1. The van der Waals surface area contributed by atoms with E-state index in [1.807, 2.05) is 32.9 Å². The van der Waals surface area contributed by atoms with Gasteiger partial charge in [0.25, 0.3) is 0 Å². The molecule has 3 nitrogen and oxygen atoms in total. The predicted molar refractivity (Wildman–Crippen MR) is 63.9 cm³/mol. The molecule has 0 bridgehead atoms. The maximum absolute atomic E-state index is 12.3. The summed E-state index contributed by atoms with van der Waals surface area (Å²) < 4.78 is 26.1. The van der Waals surface area contributed by atoms with E-state index in [1.54, 1.807) is 10.4 Å². The summed E-state index contributed by atoms with van der Waals surface area (Å²) in [5.74, 6) is 0. The molecule has 4 heteroatoms. The van der Waals surface area contributed by atoms with Gasteiger partial charge in [-0.25, -0.2) is 8.42 Å². The van der Waals surface area contributed by atoms with Gasteiger partial charge in [0, 0.05) is 12.6 Å². The molecule has 2 rings (SSSR count). The zero-order valence-electron chi connectivity index (χ0n) is 9.90. The van der Waals surface area contributed by atoms with Gasteiger partial charge in [-0.3, -0.25) is 0 Å². The third-order valence-electron chi connectivity index (χ3n) is 3.12. The molecule has 16 heavy (non-hydrogen) atoms. The molecule has 0 saturated heterocycles. The number of hydrogen-bond donors (Lipinski definition) is 0. The smallest absolute Gasteiger partial charge is 0.207 e. The minimum atomic E-state index is -3.27. The van der Waals surface area contributed by atoms with Crippen molar-refractivity contribution in [3.8, 4) is 0 Å². The van der Waals surface area contributed by atoms with E-state index in [2.05, 4.69) is 0 Å². The van der Waals surface area contributed by atoms with Crippen molar-refractivity contribution in [2.45, 2.75) is 38.1 Å². The molecule has 0 fully saturated rings. The van der Waals surface area contributed by atoms with Crippen LogP contribution in [0, 0.1) is 6.92 Å². The van der Waals surface area contributed by atoms with Gasteiger partial charge < -0.3 is 0 Å². The second-order valence-electron chi connectivity index (χ2n) is 4.37. The number of hydrogen-bond acceptors (Lipinski definition) is 2. The normalized spacial score (nSPS) is 24.1. The van der Waals surface area contributed by atoms with Gasteiger partial charge in [-0.1, -0.05) is 24.6 Å². The average molecular weight is 239 g/mol. The molecule has 1 aromatic carbocycles. The number of likely N-dealkylation sites (N-methyl/N-ethyl adjacent to an activating group) is 1. The van der Waals surface area contributed by atoms with Gasteiger partial charge in [0.1, 0.15) is 0 Å². The Kier molecular flexibility index (Phi) is 2.80. The van der Waals surface area contributed by atoms with Crippen LogP contribution in [0.5, 0.6) is 0 Å². The van der Waals surface area contributed by atoms with Gasteiger partial charge in [-0.05, 0) is 31.9 Å². The predicted octanol–water partition coefficient (Wildman–Crippen LogP) is 1.95. The molecule has 1 unspecified atom stereocenters. The minimum absolute atomic E-state index is 0.0595. The highest BCUT2D eigenvalue weighted by Gasteiger charge is 2.34. The van der Waals surface area contributed by atoms with Gasteiger partial charge >= 0.3 is 0 Å². The Morgan fingerprint density at radius 3 is 2.75 bits per heavy atom. The van der Waals surface area contributed by atoms with Crippen molar-refractivity contribution in [3.05, 3.63) is 29.3 Å². The minimum Gasteiger partial charge on any atom is -0.207 e. The Hall–Kier alpha value is -0.870. The summed E-state index contributed by atoms with van der Waals surface area (Å²) in [4.78, 5) is 0.484. The van der Waals surface area contributed by atoms with Gasteiger partial charge in [0.2, 0.25) is 10.0 Å². The van der Waals surface area contributed by atoms with Crippen molar-refractivity contribution in [3.63, 3.8) is 0 Å². The Morgan fingerprint density at radius 2 is 2.12 bits per heavy atom. The average Bonchev–Trinajstić information content (AvgIpc) is 2.16. The standard InChI is InChI=1S/C12H17NO2S/c1-4-13-10(3)8-11-7-9(2)5-6-12(11)16(13,14)15/h5-7,10H,4,8H2,1-3H3. The maximum Gasteiger partial charge on any atom is 0.243 e. The van der Waals surface area contributed by atoms with Crippen LogP contribution >= 0.6 is 0 Å². The number of rotatable bonds is 1. The quantitative estimate of drug-likeness (QED) is 0.751. The van der Waals surface area contributed by atoms with Crippen LogP contribution in [0.2, 0.25) is 0 Å². The van der Waals surface area contributed by atoms with Crippen LogP contribution in [0.25, 0.3) is 0 Å². The molecule has 0 radical (unpaired) electrons. The van der Waals surface area contributed by atoms with Crippen LogP contribution in [0.1, 0.15) is 25.0 Å². The fraction of sp³-hybridized carbons (Fsp3) is 0.500. The fourth-order valence-corrected chi connectivity index (χ4v) is 4.24. The molecule has 1 aliphatic rings. The van der Waals surface area contributed by atoms with Crippen LogP contribution in [-0.4, -0.2) is 25.3 Å². The number of sulfonamides is 1. The SMILES string of the molecule is CCN1C(C)Cc2cc(C)ccc2S1(=O)=O. The highest BCUT2D eigenvalue weighted by molar-refractivity contribution is 7.89. The van der Waals surface area contributed by atoms with E-state index >= 15 is 0 Å². The van der Waals surface area contributed by atoms with E-state index in [0.717, 1.165) is 17.5 Å². The summed E-state index contributed by atoms with van der Waals surface area (Å²) in [6.45, 7) is 6.38. The lowest BCUT2D eigenvalue weighted by atomic mass is 10.0. The third kappa shape index (κ3) is 1.66. The molecule has 0 amide bonds. The molecule has 0 N–H and O–H groups in total. The molecule has 1 heterocycles. The van der Waals surface area contributed by atoms with Crippen LogP contribution in [-0.2, 0) is 16.4 Å². The monoisotopic (exact) mass is 239 g/mol. The third-order valence-corrected chi connectivity index (χ3v) is 5.31. The highest BCUT2D eigenvalue weighted by Crippen LogP contribution is 2.30. The number of fused-ring (bicyclic) bond motifs is 1.